The zero-order chi connectivity index (χ0) is 54.1. The van der Waals surface area contributed by atoms with Gasteiger partial charge in [-0.1, -0.05) is 191 Å². The van der Waals surface area contributed by atoms with Crippen molar-refractivity contribution < 1.29 is 37.9 Å². The van der Waals surface area contributed by atoms with E-state index in [2.05, 4.69) is 180 Å². The molecule has 12 heteroatoms. The number of hydrogen-bond donors (Lipinski definition) is 0. The van der Waals surface area contributed by atoms with E-state index in [1.165, 1.54) is 22.3 Å². The molecule has 2 aliphatic rings. The van der Waals surface area contributed by atoms with E-state index >= 15 is 0 Å². The number of hydrogen-bond acceptors (Lipinski definition) is 12. The molecule has 2 aliphatic heterocycles. The minimum atomic E-state index is -0.214. The van der Waals surface area contributed by atoms with Gasteiger partial charge >= 0.3 is 0 Å². The van der Waals surface area contributed by atoms with Gasteiger partial charge in [-0.25, -0.2) is 0 Å². The fourth-order valence-electron chi connectivity index (χ4n) is 8.31. The van der Waals surface area contributed by atoms with Gasteiger partial charge in [-0.3, -0.25) is 0 Å². The molecule has 0 saturated carbocycles. The topological polar surface area (TPSA) is 73.8 Å². The lowest BCUT2D eigenvalue weighted by Crippen LogP contribution is -2.15. The summed E-state index contributed by atoms with van der Waals surface area (Å²) in [5, 5.41) is 0. The molecule has 0 spiro atoms. The molecule has 8 rings (SSSR count). The van der Waals surface area contributed by atoms with Crippen molar-refractivity contribution >= 4 is 47.0 Å². The first-order chi connectivity index (χ1) is 36.2. The number of benzene rings is 6. The van der Waals surface area contributed by atoms with Crippen molar-refractivity contribution in [1.82, 2.24) is 0 Å². The van der Waals surface area contributed by atoms with Gasteiger partial charge in [0.15, 0.2) is 0 Å². The second-order valence-corrected chi connectivity index (χ2v) is 27.6. The molecule has 0 atom stereocenters. The third-order valence-corrected chi connectivity index (χ3v) is 17.1. The fourth-order valence-corrected chi connectivity index (χ4v) is 13.1. The van der Waals surface area contributed by atoms with E-state index in [0.717, 1.165) is 73.3 Å². The van der Waals surface area contributed by atoms with Crippen LogP contribution in [0.1, 0.15) is 116 Å². The fraction of sp³-hybridized carbons (Fsp3) is 0.438. The minimum Gasteiger partial charge on any atom is -0.489 e. The van der Waals surface area contributed by atoms with Gasteiger partial charge in [-0.05, 0) is 104 Å². The Morgan fingerprint density at radius 1 is 0.329 bits per heavy atom. The van der Waals surface area contributed by atoms with Crippen LogP contribution in [-0.4, -0.2) is 66.1 Å². The summed E-state index contributed by atoms with van der Waals surface area (Å²) >= 11 is 6.81. The number of fused-ring (bicyclic) bond motifs is 2. The molecule has 0 fully saturated rings. The molecule has 0 aliphatic carbocycles. The van der Waals surface area contributed by atoms with Gasteiger partial charge in [-0.2, -0.15) is 0 Å². The Balaban J connectivity index is 1.46. The van der Waals surface area contributed by atoms with Crippen LogP contribution in [0.15, 0.2) is 148 Å². The highest BCUT2D eigenvalue weighted by molar-refractivity contribution is 8.01. The van der Waals surface area contributed by atoms with E-state index in [0.29, 0.717) is 79.3 Å². The lowest BCUT2D eigenvalue weighted by Gasteiger charge is -2.28. The lowest BCUT2D eigenvalue weighted by molar-refractivity contribution is -0.00726. The zero-order valence-electron chi connectivity index (χ0n) is 46.8. The first kappa shape index (κ1) is 57.9. The van der Waals surface area contributed by atoms with Crippen LogP contribution in [0.5, 0.6) is 23.0 Å². The molecule has 76 heavy (non-hydrogen) atoms. The van der Waals surface area contributed by atoms with Crippen LogP contribution in [0, 0.1) is 0 Å². The predicted octanol–water partition coefficient (Wildman–Crippen LogP) is 16.8. The largest absolute Gasteiger partial charge is 0.489 e. The molecule has 0 amide bonds. The van der Waals surface area contributed by atoms with E-state index in [4.69, 9.17) is 37.9 Å². The molecular weight excluding hydrogens is 1020 g/mol. The van der Waals surface area contributed by atoms with Gasteiger partial charge < -0.3 is 37.9 Å². The summed E-state index contributed by atoms with van der Waals surface area (Å²) in [5.74, 6) is 3.17. The van der Waals surface area contributed by atoms with Gasteiger partial charge in [0.05, 0.1) is 92.0 Å². The van der Waals surface area contributed by atoms with Crippen LogP contribution in [0.25, 0.3) is 0 Å². The second kappa shape index (κ2) is 25.7. The minimum absolute atomic E-state index is 0.210. The van der Waals surface area contributed by atoms with Gasteiger partial charge in [0.25, 0.3) is 0 Å². The Hall–Kier alpha value is -4.24. The van der Waals surface area contributed by atoms with E-state index in [-0.39, 0.29) is 21.7 Å². The Bertz CT molecular complexity index is 2590. The van der Waals surface area contributed by atoms with Gasteiger partial charge in [0, 0.05) is 0 Å². The molecule has 8 nitrogen and oxygen atoms in total. The van der Waals surface area contributed by atoms with Crippen molar-refractivity contribution in [2.45, 2.75) is 157 Å². The molecule has 406 valence electrons. The van der Waals surface area contributed by atoms with Gasteiger partial charge in [-0.15, -0.1) is 0 Å². The Kier molecular flexibility index (Phi) is 19.6. The first-order valence-electron chi connectivity index (χ1n) is 26.6. The summed E-state index contributed by atoms with van der Waals surface area (Å²) in [6.07, 6.45) is 0. The Morgan fingerprint density at radius 2 is 0.566 bits per heavy atom. The highest BCUT2D eigenvalue weighted by atomic mass is 32.2. The highest BCUT2D eigenvalue weighted by Gasteiger charge is 2.31. The van der Waals surface area contributed by atoms with Crippen LogP contribution in [0.2, 0.25) is 0 Å². The average molecular weight is 1100 g/mol. The molecule has 0 unspecified atom stereocenters. The van der Waals surface area contributed by atoms with Crippen LogP contribution in [0.4, 0.5) is 0 Å². The van der Waals surface area contributed by atoms with Crippen LogP contribution in [0.3, 0.4) is 0 Å². The molecule has 0 radical (unpaired) electrons. The standard InChI is InChI=1S/C64H78O8S4/c1-61(2,3)45-33-49-57-50(34-45)74-54-38-48(64(10,11)12)40-56(60(54)72-42-44-21-17-14-18-22-44)76-52-36-46(62(4,5)6)35-51(58(52)70-32-30-68-28-26-66-24-23-65-25-27-67-29-31-69-57)75-55-39-47(63(7,8)9)37-53(73-49)59(55)71-41-43-19-15-13-16-20-43/h13-22,33-40H,23-32,41-42H2,1-12H3. The number of rotatable bonds is 6. The second-order valence-electron chi connectivity index (χ2n) is 23.3. The monoisotopic (exact) mass is 1100 g/mol. The molecule has 0 saturated heterocycles. The van der Waals surface area contributed by atoms with Gasteiger partial charge in [0.1, 0.15) is 49.4 Å². The van der Waals surface area contributed by atoms with E-state index < -0.39 is 0 Å². The highest BCUT2D eigenvalue weighted by Crippen LogP contribution is 2.56. The van der Waals surface area contributed by atoms with Crippen molar-refractivity contribution in [3.05, 3.63) is 143 Å². The Morgan fingerprint density at radius 3 is 0.816 bits per heavy atom. The lowest BCUT2D eigenvalue weighted by atomic mass is 9.87. The molecule has 0 aromatic heterocycles. The zero-order valence-corrected chi connectivity index (χ0v) is 50.0. The summed E-state index contributed by atoms with van der Waals surface area (Å²) in [6, 6.07) is 39.4. The number of ether oxygens (including phenoxy) is 8. The quantitative estimate of drug-likeness (QED) is 0.159. The van der Waals surface area contributed by atoms with Crippen molar-refractivity contribution in [3.63, 3.8) is 0 Å². The molecule has 6 aromatic rings. The van der Waals surface area contributed by atoms with Crippen molar-refractivity contribution in [1.29, 1.82) is 0 Å². The smallest absolute Gasteiger partial charge is 0.147 e. The summed E-state index contributed by atoms with van der Waals surface area (Å²) < 4.78 is 52.7. The van der Waals surface area contributed by atoms with Gasteiger partial charge in [0.2, 0.25) is 0 Å². The molecule has 6 aromatic carbocycles. The summed E-state index contributed by atoms with van der Waals surface area (Å²) in [5.41, 5.74) is 6.06. The van der Waals surface area contributed by atoms with E-state index in [9.17, 15) is 0 Å². The molecule has 2 heterocycles. The third-order valence-electron chi connectivity index (χ3n) is 12.9. The average Bonchev–Trinajstić information content (AvgIpc) is 3.35. The molecule has 10 bridgehead atoms. The van der Waals surface area contributed by atoms with Crippen molar-refractivity contribution in [3.8, 4) is 23.0 Å². The maximum absolute atomic E-state index is 7.21. The maximum atomic E-state index is 7.21. The Labute approximate surface area is 470 Å². The van der Waals surface area contributed by atoms with Crippen molar-refractivity contribution in [2.24, 2.45) is 0 Å². The van der Waals surface area contributed by atoms with E-state index in [1.807, 2.05) is 12.1 Å². The predicted molar refractivity (Wildman–Crippen MR) is 313 cm³/mol. The normalized spacial score (nSPS) is 15.8. The summed E-state index contributed by atoms with van der Waals surface area (Å²) in [4.78, 5) is 7.90. The summed E-state index contributed by atoms with van der Waals surface area (Å²) in [7, 11) is 0. The molecular formula is C64H78O8S4. The third kappa shape index (κ3) is 15.7. The maximum Gasteiger partial charge on any atom is 0.147 e. The molecule has 0 N–H and O–H groups in total. The summed E-state index contributed by atoms with van der Waals surface area (Å²) in [6.45, 7) is 32.3. The van der Waals surface area contributed by atoms with Crippen LogP contribution < -0.4 is 18.9 Å². The SMILES string of the molecule is CC(C)(C)c1cc2c3c(c1)Sc1cc(C(C)(C)C)cc(c1OCc1ccccc1)Sc1cc(C(C)(C)C)cc(c1OCCOCCOCCOCCOCCO3)Sc1cc(C(C)(C)C)cc(c1OCc1ccccc1)S2. The first-order valence-corrected chi connectivity index (χ1v) is 29.8. The van der Waals surface area contributed by atoms with Crippen LogP contribution in [-0.2, 0) is 53.8 Å². The van der Waals surface area contributed by atoms with Crippen LogP contribution >= 0.6 is 47.0 Å². The van der Waals surface area contributed by atoms with E-state index in [1.54, 1.807) is 47.0 Å². The van der Waals surface area contributed by atoms with Crippen molar-refractivity contribution in [2.75, 3.05) is 66.1 Å².